The van der Waals surface area contributed by atoms with Crippen LogP contribution in [0.4, 0.5) is 0 Å². The number of amides is 1. The Labute approximate surface area is 146 Å². The van der Waals surface area contributed by atoms with Gasteiger partial charge in [-0.15, -0.1) is 0 Å². The molecule has 1 heterocycles. The van der Waals surface area contributed by atoms with Crippen LogP contribution in [0, 0.1) is 0 Å². The predicted octanol–water partition coefficient (Wildman–Crippen LogP) is 2.82. The van der Waals surface area contributed by atoms with E-state index in [1.165, 1.54) is 0 Å². The maximum Gasteiger partial charge on any atom is 0.272 e. The lowest BCUT2D eigenvalue weighted by atomic mass is 10.2. The van der Waals surface area contributed by atoms with Gasteiger partial charge in [-0.25, -0.2) is 4.68 Å². The molecule has 0 saturated heterocycles. The van der Waals surface area contributed by atoms with Crippen LogP contribution in [0.1, 0.15) is 16.1 Å². The number of carbonyl (C=O) groups excluding carboxylic acids is 1. The zero-order chi connectivity index (χ0) is 17.6. The first-order valence-corrected chi connectivity index (χ1v) is 7.82. The van der Waals surface area contributed by atoms with Gasteiger partial charge in [0.1, 0.15) is 0 Å². The van der Waals surface area contributed by atoms with Gasteiger partial charge in [-0.3, -0.25) is 4.79 Å². The molecule has 0 unspecified atom stereocenters. The summed E-state index contributed by atoms with van der Waals surface area (Å²) in [5, 5.41) is 7.17. The van der Waals surface area contributed by atoms with Gasteiger partial charge in [-0.05, 0) is 24.3 Å². The summed E-state index contributed by atoms with van der Waals surface area (Å²) in [5.74, 6) is 0.988. The van der Waals surface area contributed by atoms with Crippen molar-refractivity contribution in [1.82, 2.24) is 15.1 Å². The molecule has 0 aliphatic carbocycles. The van der Waals surface area contributed by atoms with Crippen LogP contribution in [0.15, 0.2) is 60.8 Å². The van der Waals surface area contributed by atoms with Crippen molar-refractivity contribution in [3.63, 3.8) is 0 Å². The highest BCUT2D eigenvalue weighted by atomic mass is 16.5. The van der Waals surface area contributed by atoms with Gasteiger partial charge >= 0.3 is 0 Å². The molecule has 6 heteroatoms. The molecular weight excluding hydrogens is 318 g/mol. The Balaban J connectivity index is 1.71. The number of nitrogens with zero attached hydrogens (tertiary/aromatic N) is 2. The van der Waals surface area contributed by atoms with E-state index in [-0.39, 0.29) is 5.91 Å². The second kappa shape index (κ2) is 7.53. The van der Waals surface area contributed by atoms with Crippen LogP contribution in [0.25, 0.3) is 5.69 Å². The lowest BCUT2D eigenvalue weighted by molar-refractivity contribution is 0.0945. The number of aromatic nitrogens is 2. The van der Waals surface area contributed by atoms with Gasteiger partial charge < -0.3 is 14.8 Å². The first-order chi connectivity index (χ1) is 12.2. The summed E-state index contributed by atoms with van der Waals surface area (Å²) in [6, 6.07) is 16.9. The van der Waals surface area contributed by atoms with E-state index in [0.29, 0.717) is 23.7 Å². The molecule has 1 amide bonds. The molecule has 6 nitrogen and oxygen atoms in total. The first-order valence-electron chi connectivity index (χ1n) is 7.82. The van der Waals surface area contributed by atoms with Gasteiger partial charge in [-0.1, -0.05) is 30.3 Å². The summed E-state index contributed by atoms with van der Waals surface area (Å²) in [6.45, 7) is 0.317. The molecule has 2 aromatic carbocycles. The van der Waals surface area contributed by atoms with Gasteiger partial charge in [0, 0.05) is 18.3 Å². The fourth-order valence-electron chi connectivity index (χ4n) is 2.53. The number of methoxy groups -OCH3 is 2. The van der Waals surface area contributed by atoms with Crippen molar-refractivity contribution in [3.05, 3.63) is 72.1 Å². The molecule has 1 N–H and O–H groups in total. The molecular formula is C19H19N3O3. The summed E-state index contributed by atoms with van der Waals surface area (Å²) >= 11 is 0. The summed E-state index contributed by atoms with van der Waals surface area (Å²) < 4.78 is 12.3. The molecule has 0 aliphatic heterocycles. The smallest absolute Gasteiger partial charge is 0.272 e. The van der Waals surface area contributed by atoms with Crippen LogP contribution >= 0.6 is 0 Å². The zero-order valence-electron chi connectivity index (χ0n) is 14.1. The summed E-state index contributed by atoms with van der Waals surface area (Å²) in [4.78, 5) is 12.4. The molecule has 0 spiro atoms. The Hall–Kier alpha value is -3.28. The van der Waals surface area contributed by atoms with Gasteiger partial charge in [-0.2, -0.15) is 5.10 Å². The van der Waals surface area contributed by atoms with E-state index >= 15 is 0 Å². The molecule has 0 saturated carbocycles. The maximum atomic E-state index is 12.4. The molecule has 1 aromatic heterocycles. The summed E-state index contributed by atoms with van der Waals surface area (Å²) in [7, 11) is 3.15. The van der Waals surface area contributed by atoms with Crippen molar-refractivity contribution in [3.8, 4) is 17.2 Å². The van der Waals surface area contributed by atoms with E-state index in [1.807, 2.05) is 48.5 Å². The average Bonchev–Trinajstić information content (AvgIpc) is 3.16. The summed E-state index contributed by atoms with van der Waals surface area (Å²) in [6.07, 6.45) is 1.76. The van der Waals surface area contributed by atoms with Crippen LogP contribution < -0.4 is 14.8 Å². The van der Waals surface area contributed by atoms with Crippen LogP contribution in [-0.2, 0) is 6.54 Å². The van der Waals surface area contributed by atoms with Crippen molar-refractivity contribution in [2.45, 2.75) is 6.54 Å². The van der Waals surface area contributed by atoms with Crippen molar-refractivity contribution >= 4 is 5.91 Å². The van der Waals surface area contributed by atoms with Gasteiger partial charge in [0.15, 0.2) is 17.2 Å². The molecule has 25 heavy (non-hydrogen) atoms. The number of nitrogens with one attached hydrogen (secondary N) is 1. The zero-order valence-corrected chi connectivity index (χ0v) is 14.1. The van der Waals surface area contributed by atoms with E-state index in [1.54, 1.807) is 31.2 Å². The molecule has 3 rings (SSSR count). The maximum absolute atomic E-state index is 12.4. The van der Waals surface area contributed by atoms with E-state index < -0.39 is 0 Å². The van der Waals surface area contributed by atoms with E-state index in [0.717, 1.165) is 11.3 Å². The molecule has 0 atom stereocenters. The topological polar surface area (TPSA) is 65.4 Å². The third-order valence-electron chi connectivity index (χ3n) is 3.77. The minimum Gasteiger partial charge on any atom is -0.493 e. The van der Waals surface area contributed by atoms with Crippen LogP contribution in [0.3, 0.4) is 0 Å². The predicted molar refractivity (Wildman–Crippen MR) is 94.3 cm³/mol. The van der Waals surface area contributed by atoms with Crippen molar-refractivity contribution in [1.29, 1.82) is 0 Å². The highest BCUT2D eigenvalue weighted by molar-refractivity contribution is 5.92. The Kier molecular flexibility index (Phi) is 4.99. The second-order valence-electron chi connectivity index (χ2n) is 5.32. The molecule has 0 radical (unpaired) electrons. The number of rotatable bonds is 6. The number of ether oxygens (including phenoxy) is 2. The minimum absolute atomic E-state index is 0.250. The van der Waals surface area contributed by atoms with Gasteiger partial charge in [0.2, 0.25) is 0 Å². The molecule has 128 valence electrons. The highest BCUT2D eigenvalue weighted by Crippen LogP contribution is 2.30. The number of hydrogen-bond acceptors (Lipinski definition) is 4. The standard InChI is InChI=1S/C19H19N3O3/c1-24-17-10-6-7-14(18(17)25-2)13-20-19(23)16-11-12-22(21-16)15-8-4-3-5-9-15/h3-12H,13H2,1-2H3,(H,20,23). The molecule has 3 aromatic rings. The Morgan fingerprint density at radius 3 is 2.56 bits per heavy atom. The van der Waals surface area contributed by atoms with Crippen molar-refractivity contribution < 1.29 is 14.3 Å². The monoisotopic (exact) mass is 337 g/mol. The molecule has 0 bridgehead atoms. The fourth-order valence-corrected chi connectivity index (χ4v) is 2.53. The number of hydrogen-bond donors (Lipinski definition) is 1. The van der Waals surface area contributed by atoms with Gasteiger partial charge in [0.25, 0.3) is 5.91 Å². The van der Waals surface area contributed by atoms with E-state index in [4.69, 9.17) is 9.47 Å². The quantitative estimate of drug-likeness (QED) is 0.751. The molecule has 0 fully saturated rings. The Morgan fingerprint density at radius 1 is 1.04 bits per heavy atom. The van der Waals surface area contributed by atoms with Crippen LogP contribution in [0.2, 0.25) is 0 Å². The highest BCUT2D eigenvalue weighted by Gasteiger charge is 2.13. The van der Waals surface area contributed by atoms with E-state index in [2.05, 4.69) is 10.4 Å². The van der Waals surface area contributed by atoms with Crippen molar-refractivity contribution in [2.24, 2.45) is 0 Å². The second-order valence-corrected chi connectivity index (χ2v) is 5.32. The van der Waals surface area contributed by atoms with Crippen LogP contribution in [0.5, 0.6) is 11.5 Å². The van der Waals surface area contributed by atoms with Crippen LogP contribution in [-0.4, -0.2) is 29.9 Å². The number of benzene rings is 2. The Morgan fingerprint density at radius 2 is 1.84 bits per heavy atom. The summed E-state index contributed by atoms with van der Waals surface area (Å²) in [5.41, 5.74) is 2.08. The molecule has 0 aliphatic rings. The third kappa shape index (κ3) is 3.63. The minimum atomic E-state index is -0.250. The van der Waals surface area contributed by atoms with Crippen molar-refractivity contribution in [2.75, 3.05) is 14.2 Å². The Bertz CT molecular complexity index is 859. The average molecular weight is 337 g/mol. The lowest BCUT2D eigenvalue weighted by Crippen LogP contribution is -2.23. The number of para-hydroxylation sites is 2. The largest absolute Gasteiger partial charge is 0.493 e. The van der Waals surface area contributed by atoms with Gasteiger partial charge in [0.05, 0.1) is 19.9 Å². The van der Waals surface area contributed by atoms with E-state index in [9.17, 15) is 4.79 Å². The fraction of sp³-hybridized carbons (Fsp3) is 0.158. The third-order valence-corrected chi connectivity index (χ3v) is 3.77. The first kappa shape index (κ1) is 16.6. The SMILES string of the molecule is COc1cccc(CNC(=O)c2ccn(-c3ccccc3)n2)c1OC. The normalized spacial score (nSPS) is 10.3. The number of carbonyl (C=O) groups is 1. The lowest BCUT2D eigenvalue weighted by Gasteiger charge is -2.12.